The molecule has 78 valence electrons. The first-order valence-electron chi connectivity index (χ1n) is 4.28. The van der Waals surface area contributed by atoms with E-state index >= 15 is 0 Å². The van der Waals surface area contributed by atoms with Crippen molar-refractivity contribution in [2.24, 2.45) is 0 Å². The Kier molecular flexibility index (Phi) is 3.57. The van der Waals surface area contributed by atoms with Crippen molar-refractivity contribution in [2.45, 2.75) is 19.9 Å². The maximum Gasteiger partial charge on any atom is 0.327 e. The van der Waals surface area contributed by atoms with E-state index in [-0.39, 0.29) is 5.91 Å². The average Bonchev–Trinajstić information content (AvgIpc) is 2.49. The summed E-state index contributed by atoms with van der Waals surface area (Å²) in [6.07, 6.45) is 1.47. The van der Waals surface area contributed by atoms with E-state index in [1.807, 2.05) is 13.8 Å². The Balaban J connectivity index is 2.72. The lowest BCUT2D eigenvalue weighted by Crippen LogP contribution is -2.41. The maximum absolute atomic E-state index is 11.5. The predicted molar refractivity (Wildman–Crippen MR) is 55.0 cm³/mol. The van der Waals surface area contributed by atoms with Gasteiger partial charge in [0.25, 0.3) is 0 Å². The summed E-state index contributed by atoms with van der Waals surface area (Å²) in [6.45, 7) is 3.63. The van der Waals surface area contributed by atoms with E-state index in [0.717, 1.165) is 5.57 Å². The van der Waals surface area contributed by atoms with Crippen LogP contribution in [-0.2, 0) is 9.59 Å². The van der Waals surface area contributed by atoms with Crippen LogP contribution >= 0.6 is 11.8 Å². The Hall–Kier alpha value is -0.970. The minimum absolute atomic E-state index is 0.206. The summed E-state index contributed by atoms with van der Waals surface area (Å²) in [5.41, 5.74) is 0.885. The topological polar surface area (TPSA) is 57.6 Å². The molecule has 0 aliphatic carbocycles. The zero-order valence-corrected chi connectivity index (χ0v) is 9.00. The van der Waals surface area contributed by atoms with E-state index in [9.17, 15) is 9.59 Å². The molecule has 1 aliphatic heterocycles. The number of nitrogens with zero attached hydrogens (tertiary/aromatic N) is 1. The van der Waals surface area contributed by atoms with E-state index in [4.69, 9.17) is 5.11 Å². The Morgan fingerprint density at radius 1 is 1.50 bits per heavy atom. The molecule has 1 atom stereocenters. The van der Waals surface area contributed by atoms with Gasteiger partial charge in [-0.1, -0.05) is 5.57 Å². The zero-order chi connectivity index (χ0) is 10.7. The Morgan fingerprint density at radius 3 is 2.64 bits per heavy atom. The van der Waals surface area contributed by atoms with Crippen LogP contribution < -0.4 is 0 Å². The fraction of sp³-hybridized carbons (Fsp3) is 0.556. The van der Waals surface area contributed by atoms with Gasteiger partial charge in [0.15, 0.2) is 0 Å². The summed E-state index contributed by atoms with van der Waals surface area (Å²) < 4.78 is 0. The van der Waals surface area contributed by atoms with Gasteiger partial charge in [0.1, 0.15) is 6.04 Å². The maximum atomic E-state index is 11.5. The van der Waals surface area contributed by atoms with Gasteiger partial charge in [0.2, 0.25) is 5.91 Å². The molecule has 1 fully saturated rings. The summed E-state index contributed by atoms with van der Waals surface area (Å²) >= 11 is 1.47. The third-order valence-corrected chi connectivity index (χ3v) is 2.87. The van der Waals surface area contributed by atoms with Gasteiger partial charge in [-0.3, -0.25) is 4.79 Å². The molecule has 0 aromatic rings. The van der Waals surface area contributed by atoms with Crippen LogP contribution in [0.1, 0.15) is 13.8 Å². The SMILES string of the molecule is CC(C)=CC(=O)N1CSCC1C(=O)O. The second kappa shape index (κ2) is 4.50. The summed E-state index contributed by atoms with van der Waals surface area (Å²) in [6, 6.07) is -0.664. The molecule has 1 rings (SSSR count). The van der Waals surface area contributed by atoms with E-state index < -0.39 is 12.0 Å². The van der Waals surface area contributed by atoms with E-state index in [0.29, 0.717) is 11.6 Å². The van der Waals surface area contributed by atoms with Crippen molar-refractivity contribution < 1.29 is 14.7 Å². The lowest BCUT2D eigenvalue weighted by molar-refractivity contribution is -0.146. The Bertz CT molecular complexity index is 284. The number of carboxylic acid groups (broad SMARTS) is 1. The molecule has 5 heteroatoms. The highest BCUT2D eigenvalue weighted by atomic mass is 32.2. The quantitative estimate of drug-likeness (QED) is 0.696. The minimum Gasteiger partial charge on any atom is -0.480 e. The lowest BCUT2D eigenvalue weighted by atomic mass is 10.2. The molecule has 4 nitrogen and oxygen atoms in total. The molecule has 1 aliphatic rings. The second-order valence-corrected chi connectivity index (χ2v) is 4.38. The van der Waals surface area contributed by atoms with Crippen LogP contribution in [0.3, 0.4) is 0 Å². The van der Waals surface area contributed by atoms with Gasteiger partial charge in [-0.25, -0.2) is 4.79 Å². The van der Waals surface area contributed by atoms with Crippen LogP contribution in [0.25, 0.3) is 0 Å². The Morgan fingerprint density at radius 2 is 2.14 bits per heavy atom. The molecule has 1 N–H and O–H groups in total. The normalized spacial score (nSPS) is 20.7. The van der Waals surface area contributed by atoms with Crippen LogP contribution in [-0.4, -0.2) is 39.6 Å². The van der Waals surface area contributed by atoms with Crippen LogP contribution in [0.2, 0.25) is 0 Å². The molecule has 1 unspecified atom stereocenters. The molecule has 1 amide bonds. The molecule has 0 aromatic carbocycles. The summed E-state index contributed by atoms with van der Waals surface area (Å²) in [7, 11) is 0. The fourth-order valence-electron chi connectivity index (χ4n) is 1.19. The van der Waals surface area contributed by atoms with E-state index in [1.165, 1.54) is 22.7 Å². The van der Waals surface area contributed by atoms with Crippen molar-refractivity contribution in [1.82, 2.24) is 4.90 Å². The highest BCUT2D eigenvalue weighted by Gasteiger charge is 2.33. The van der Waals surface area contributed by atoms with Crippen LogP contribution in [0.4, 0.5) is 0 Å². The largest absolute Gasteiger partial charge is 0.480 e. The highest BCUT2D eigenvalue weighted by molar-refractivity contribution is 7.99. The molecule has 14 heavy (non-hydrogen) atoms. The van der Waals surface area contributed by atoms with Gasteiger partial charge in [0.05, 0.1) is 5.88 Å². The number of allylic oxidation sites excluding steroid dienone is 1. The number of carboxylic acids is 1. The minimum atomic E-state index is -0.925. The molecule has 0 aromatic heterocycles. The number of carbonyl (C=O) groups excluding carboxylic acids is 1. The molecule has 0 saturated carbocycles. The molecule has 0 spiro atoms. The molecule has 0 bridgehead atoms. The van der Waals surface area contributed by atoms with Gasteiger partial charge < -0.3 is 10.0 Å². The first-order chi connectivity index (χ1) is 6.52. The number of amides is 1. The second-order valence-electron chi connectivity index (χ2n) is 3.38. The number of rotatable bonds is 2. The van der Waals surface area contributed by atoms with Crippen molar-refractivity contribution in [3.05, 3.63) is 11.6 Å². The third-order valence-electron chi connectivity index (χ3n) is 1.86. The van der Waals surface area contributed by atoms with Crippen LogP contribution in [0.15, 0.2) is 11.6 Å². The number of hydrogen-bond acceptors (Lipinski definition) is 3. The van der Waals surface area contributed by atoms with Crippen molar-refractivity contribution >= 4 is 23.6 Å². The van der Waals surface area contributed by atoms with Crippen LogP contribution in [0.5, 0.6) is 0 Å². The number of aliphatic carboxylic acids is 1. The Labute approximate surface area is 87.0 Å². The zero-order valence-electron chi connectivity index (χ0n) is 8.19. The summed E-state index contributed by atoms with van der Waals surface area (Å²) in [4.78, 5) is 23.7. The molecule has 1 saturated heterocycles. The molecule has 1 heterocycles. The smallest absolute Gasteiger partial charge is 0.327 e. The first-order valence-corrected chi connectivity index (χ1v) is 5.44. The number of hydrogen-bond donors (Lipinski definition) is 1. The molecular formula is C9H13NO3S. The van der Waals surface area contributed by atoms with Gasteiger partial charge in [-0.2, -0.15) is 0 Å². The number of thioether (sulfide) groups is 1. The standard InChI is InChI=1S/C9H13NO3S/c1-6(2)3-8(11)10-5-14-4-7(10)9(12)13/h3,7H,4-5H2,1-2H3,(H,12,13). The first kappa shape index (κ1) is 11.1. The van der Waals surface area contributed by atoms with Crippen molar-refractivity contribution in [1.29, 1.82) is 0 Å². The van der Waals surface area contributed by atoms with E-state index in [1.54, 1.807) is 0 Å². The predicted octanol–water partition coefficient (Wildman–Crippen LogP) is 0.939. The molecular weight excluding hydrogens is 202 g/mol. The van der Waals surface area contributed by atoms with Gasteiger partial charge in [-0.15, -0.1) is 11.8 Å². The monoisotopic (exact) mass is 215 g/mol. The summed E-state index contributed by atoms with van der Waals surface area (Å²) in [5, 5.41) is 8.84. The van der Waals surface area contributed by atoms with Crippen molar-refractivity contribution in [3.63, 3.8) is 0 Å². The average molecular weight is 215 g/mol. The van der Waals surface area contributed by atoms with Gasteiger partial charge in [0, 0.05) is 11.8 Å². The lowest BCUT2D eigenvalue weighted by Gasteiger charge is -2.18. The van der Waals surface area contributed by atoms with Gasteiger partial charge in [-0.05, 0) is 13.8 Å². The fourth-order valence-corrected chi connectivity index (χ4v) is 2.35. The van der Waals surface area contributed by atoms with Crippen molar-refractivity contribution in [3.8, 4) is 0 Å². The summed E-state index contributed by atoms with van der Waals surface area (Å²) in [5.74, 6) is -0.176. The third kappa shape index (κ3) is 2.51. The number of carbonyl (C=O) groups is 2. The van der Waals surface area contributed by atoms with Gasteiger partial charge >= 0.3 is 5.97 Å². The van der Waals surface area contributed by atoms with Crippen LogP contribution in [0, 0.1) is 0 Å². The van der Waals surface area contributed by atoms with E-state index in [2.05, 4.69) is 0 Å². The van der Waals surface area contributed by atoms with Crippen molar-refractivity contribution in [2.75, 3.05) is 11.6 Å². The highest BCUT2D eigenvalue weighted by Crippen LogP contribution is 2.21. The molecule has 0 radical (unpaired) electrons.